The van der Waals surface area contributed by atoms with Crippen LogP contribution in [0.25, 0.3) is 0 Å². The van der Waals surface area contributed by atoms with Gasteiger partial charge in [0.2, 0.25) is 0 Å². The monoisotopic (exact) mass is 338 g/mol. The third-order valence-corrected chi connectivity index (χ3v) is 3.92. The highest BCUT2D eigenvalue weighted by Crippen LogP contribution is 2.30. The number of nitrogens with zero attached hydrogens (tertiary/aromatic N) is 1. The van der Waals surface area contributed by atoms with Gasteiger partial charge in [0, 0.05) is 12.6 Å². The van der Waals surface area contributed by atoms with Crippen LogP contribution in [0, 0.1) is 6.92 Å². The molecule has 1 atom stereocenters. The normalized spacial score (nSPS) is 12.0. The molecule has 0 aliphatic rings. The van der Waals surface area contributed by atoms with Crippen LogP contribution in [0.5, 0.6) is 17.2 Å². The Balaban J connectivity index is 1.58. The molecule has 0 amide bonds. The molecule has 1 aromatic heterocycles. The number of methoxy groups -OCH3 is 1. The number of ether oxygens (including phenoxy) is 2. The number of para-hydroxylation sites is 2. The summed E-state index contributed by atoms with van der Waals surface area (Å²) in [5.41, 5.74) is 2.08. The third kappa shape index (κ3) is 4.39. The summed E-state index contributed by atoms with van der Waals surface area (Å²) in [4.78, 5) is 0. The summed E-state index contributed by atoms with van der Waals surface area (Å²) in [5.74, 6) is 3.01. The number of aromatic nitrogens is 1. The summed E-state index contributed by atoms with van der Waals surface area (Å²) in [6, 6.07) is 17.7. The molecular formula is C20H22N2O3. The fourth-order valence-electron chi connectivity index (χ4n) is 2.47. The summed E-state index contributed by atoms with van der Waals surface area (Å²) >= 11 is 0. The van der Waals surface area contributed by atoms with Gasteiger partial charge in [-0.25, -0.2) is 0 Å². The minimum Gasteiger partial charge on any atom is -0.493 e. The van der Waals surface area contributed by atoms with E-state index < -0.39 is 0 Å². The summed E-state index contributed by atoms with van der Waals surface area (Å²) in [7, 11) is 1.63. The van der Waals surface area contributed by atoms with Gasteiger partial charge in [-0.1, -0.05) is 29.4 Å². The number of nitrogens with one attached hydrogen (secondary N) is 1. The molecule has 0 saturated heterocycles. The molecule has 25 heavy (non-hydrogen) atoms. The molecule has 3 aromatic rings. The van der Waals surface area contributed by atoms with Crippen LogP contribution in [0.2, 0.25) is 0 Å². The zero-order valence-electron chi connectivity index (χ0n) is 14.7. The zero-order valence-corrected chi connectivity index (χ0v) is 14.7. The first-order chi connectivity index (χ1) is 12.2. The Labute approximate surface area is 147 Å². The van der Waals surface area contributed by atoms with Gasteiger partial charge in [0.15, 0.2) is 11.5 Å². The molecule has 5 nitrogen and oxygen atoms in total. The van der Waals surface area contributed by atoms with Crippen molar-refractivity contribution in [1.29, 1.82) is 0 Å². The molecule has 0 radical (unpaired) electrons. The van der Waals surface area contributed by atoms with Crippen LogP contribution in [-0.4, -0.2) is 12.3 Å². The summed E-state index contributed by atoms with van der Waals surface area (Å²) in [6.07, 6.45) is 0. The molecule has 0 saturated carbocycles. The molecule has 1 unspecified atom stereocenters. The Morgan fingerprint density at radius 3 is 2.44 bits per heavy atom. The standard InChI is InChI=1S/C20H22N2O3/c1-14-12-18(22-25-14)15(2)21-13-16-8-10-17(11-9-16)24-20-7-5-4-6-19(20)23-3/h4-12,15,21H,13H2,1-3H3. The molecule has 2 aromatic carbocycles. The van der Waals surface area contributed by atoms with E-state index in [2.05, 4.69) is 17.4 Å². The van der Waals surface area contributed by atoms with Gasteiger partial charge in [-0.2, -0.15) is 0 Å². The van der Waals surface area contributed by atoms with Crippen molar-refractivity contribution in [3.63, 3.8) is 0 Å². The van der Waals surface area contributed by atoms with Crippen LogP contribution >= 0.6 is 0 Å². The fraction of sp³-hybridized carbons (Fsp3) is 0.250. The van der Waals surface area contributed by atoms with Crippen molar-refractivity contribution >= 4 is 0 Å². The largest absolute Gasteiger partial charge is 0.493 e. The Kier molecular flexibility index (Phi) is 5.36. The van der Waals surface area contributed by atoms with E-state index in [0.717, 1.165) is 23.7 Å². The van der Waals surface area contributed by atoms with Crippen molar-refractivity contribution in [3.05, 3.63) is 71.6 Å². The van der Waals surface area contributed by atoms with E-state index >= 15 is 0 Å². The lowest BCUT2D eigenvalue weighted by atomic mass is 10.2. The van der Waals surface area contributed by atoms with Crippen LogP contribution in [0.4, 0.5) is 0 Å². The second-order valence-corrected chi connectivity index (χ2v) is 5.86. The average Bonchev–Trinajstić information content (AvgIpc) is 3.08. The number of hydrogen-bond acceptors (Lipinski definition) is 5. The van der Waals surface area contributed by atoms with Crippen LogP contribution in [0.1, 0.15) is 30.0 Å². The van der Waals surface area contributed by atoms with E-state index in [1.165, 1.54) is 5.56 Å². The van der Waals surface area contributed by atoms with E-state index in [-0.39, 0.29) is 6.04 Å². The maximum atomic E-state index is 5.89. The van der Waals surface area contributed by atoms with Gasteiger partial charge in [0.05, 0.1) is 13.2 Å². The van der Waals surface area contributed by atoms with Gasteiger partial charge < -0.3 is 19.3 Å². The highest BCUT2D eigenvalue weighted by atomic mass is 16.5. The molecule has 1 N–H and O–H groups in total. The van der Waals surface area contributed by atoms with E-state index in [9.17, 15) is 0 Å². The van der Waals surface area contributed by atoms with E-state index in [4.69, 9.17) is 14.0 Å². The Morgan fingerprint density at radius 1 is 1.08 bits per heavy atom. The van der Waals surface area contributed by atoms with Crippen LogP contribution in [-0.2, 0) is 6.54 Å². The summed E-state index contributed by atoms with van der Waals surface area (Å²) in [5, 5.41) is 7.47. The lowest BCUT2D eigenvalue weighted by Crippen LogP contribution is -2.18. The topological polar surface area (TPSA) is 56.5 Å². The van der Waals surface area contributed by atoms with Gasteiger partial charge in [-0.3, -0.25) is 0 Å². The van der Waals surface area contributed by atoms with Crippen LogP contribution in [0.3, 0.4) is 0 Å². The van der Waals surface area contributed by atoms with Gasteiger partial charge in [0.1, 0.15) is 17.2 Å². The maximum Gasteiger partial charge on any atom is 0.169 e. The second-order valence-electron chi connectivity index (χ2n) is 5.86. The average molecular weight is 338 g/mol. The smallest absolute Gasteiger partial charge is 0.169 e. The Hall–Kier alpha value is -2.79. The van der Waals surface area contributed by atoms with Crippen molar-refractivity contribution in [1.82, 2.24) is 10.5 Å². The molecule has 5 heteroatoms. The molecule has 3 rings (SSSR count). The SMILES string of the molecule is COc1ccccc1Oc1ccc(CNC(C)c2cc(C)on2)cc1. The number of aryl methyl sites for hydroxylation is 1. The molecule has 0 aliphatic carbocycles. The van der Waals surface area contributed by atoms with Crippen LogP contribution < -0.4 is 14.8 Å². The van der Waals surface area contributed by atoms with Crippen molar-refractivity contribution in [3.8, 4) is 17.2 Å². The van der Waals surface area contributed by atoms with E-state index in [1.807, 2.05) is 61.5 Å². The molecular weight excluding hydrogens is 316 g/mol. The Morgan fingerprint density at radius 2 is 1.80 bits per heavy atom. The number of benzene rings is 2. The molecule has 0 spiro atoms. The summed E-state index contributed by atoms with van der Waals surface area (Å²) in [6.45, 7) is 4.70. The summed E-state index contributed by atoms with van der Waals surface area (Å²) < 4.78 is 16.3. The first-order valence-corrected chi connectivity index (χ1v) is 8.22. The molecule has 0 aliphatic heterocycles. The first-order valence-electron chi connectivity index (χ1n) is 8.22. The first kappa shape index (κ1) is 17.0. The lowest BCUT2D eigenvalue weighted by molar-refractivity contribution is 0.378. The quantitative estimate of drug-likeness (QED) is 0.680. The third-order valence-electron chi connectivity index (χ3n) is 3.92. The zero-order chi connectivity index (χ0) is 17.6. The van der Waals surface area contributed by atoms with Crippen molar-refractivity contribution < 1.29 is 14.0 Å². The molecule has 1 heterocycles. The number of hydrogen-bond donors (Lipinski definition) is 1. The van der Waals surface area contributed by atoms with Crippen molar-refractivity contribution in [2.24, 2.45) is 0 Å². The predicted octanol–water partition coefficient (Wildman–Crippen LogP) is 4.63. The molecule has 130 valence electrons. The predicted molar refractivity (Wildman–Crippen MR) is 96.0 cm³/mol. The van der Waals surface area contributed by atoms with Crippen LogP contribution in [0.15, 0.2) is 59.1 Å². The fourth-order valence-corrected chi connectivity index (χ4v) is 2.47. The minimum atomic E-state index is 0.127. The maximum absolute atomic E-state index is 5.89. The Bertz CT molecular complexity index is 812. The van der Waals surface area contributed by atoms with E-state index in [1.54, 1.807) is 7.11 Å². The number of rotatable bonds is 7. The van der Waals surface area contributed by atoms with Crippen molar-refractivity contribution in [2.45, 2.75) is 26.4 Å². The minimum absolute atomic E-state index is 0.127. The highest BCUT2D eigenvalue weighted by molar-refractivity contribution is 5.43. The second kappa shape index (κ2) is 7.85. The highest BCUT2D eigenvalue weighted by Gasteiger charge is 2.10. The molecule has 0 fully saturated rings. The van der Waals surface area contributed by atoms with Gasteiger partial charge in [0.25, 0.3) is 0 Å². The van der Waals surface area contributed by atoms with E-state index in [0.29, 0.717) is 11.5 Å². The van der Waals surface area contributed by atoms with Gasteiger partial charge in [-0.05, 0) is 43.7 Å². The van der Waals surface area contributed by atoms with Crippen molar-refractivity contribution in [2.75, 3.05) is 7.11 Å². The molecule has 0 bridgehead atoms. The van der Waals surface area contributed by atoms with Gasteiger partial charge >= 0.3 is 0 Å². The lowest BCUT2D eigenvalue weighted by Gasteiger charge is -2.12. The van der Waals surface area contributed by atoms with Gasteiger partial charge in [-0.15, -0.1) is 0 Å².